The fourth-order valence-corrected chi connectivity index (χ4v) is 3.45. The Balaban J connectivity index is 1.88. The number of nitrogens with one attached hydrogen (secondary N) is 1. The Bertz CT molecular complexity index is 557. The summed E-state index contributed by atoms with van der Waals surface area (Å²) in [5.74, 6) is 0.384. The first-order valence-electron chi connectivity index (χ1n) is 5.24. The molecule has 0 aliphatic carbocycles. The van der Waals surface area contributed by atoms with E-state index in [0.717, 1.165) is 19.3 Å². The molecule has 0 spiro atoms. The van der Waals surface area contributed by atoms with Gasteiger partial charge in [0.15, 0.2) is 4.34 Å². The zero-order valence-electron chi connectivity index (χ0n) is 9.64. The molecule has 1 N–H and O–H groups in total. The van der Waals surface area contributed by atoms with Gasteiger partial charge in [-0.3, -0.25) is 4.79 Å². The van der Waals surface area contributed by atoms with Crippen molar-refractivity contribution in [1.29, 1.82) is 0 Å². The number of thiazole rings is 1. The number of hydrogen-bond acceptors (Lipinski definition) is 4. The van der Waals surface area contributed by atoms with Gasteiger partial charge in [-0.1, -0.05) is 23.9 Å². The van der Waals surface area contributed by atoms with Crippen LogP contribution in [0.3, 0.4) is 0 Å². The number of hydrogen-bond donors (Lipinski definition) is 1. The molecule has 2 aromatic rings. The van der Waals surface area contributed by atoms with Gasteiger partial charge in [-0.2, -0.15) is 0 Å². The summed E-state index contributed by atoms with van der Waals surface area (Å²) >= 11 is 5.24. The van der Waals surface area contributed by atoms with Crippen molar-refractivity contribution in [2.24, 2.45) is 0 Å². The molecule has 0 saturated carbocycles. The lowest BCUT2D eigenvalue weighted by atomic mass is 10.3. The van der Waals surface area contributed by atoms with Crippen LogP contribution in [-0.4, -0.2) is 16.6 Å². The standard InChI is InChI=1S/C12H11IN2OS2/c1-8-6-17-12(14-8)18-7-11(16)15-10-5-3-2-4-9(10)13/h2-6H,7H2,1H3,(H,15,16). The Labute approximate surface area is 128 Å². The predicted molar refractivity (Wildman–Crippen MR) is 85.4 cm³/mol. The number of anilines is 1. The molecule has 3 nitrogen and oxygen atoms in total. The van der Waals surface area contributed by atoms with Crippen molar-refractivity contribution in [3.63, 3.8) is 0 Å². The van der Waals surface area contributed by atoms with Crippen LogP contribution in [0.4, 0.5) is 5.69 Å². The Morgan fingerprint density at radius 1 is 1.50 bits per heavy atom. The quantitative estimate of drug-likeness (QED) is 0.638. The van der Waals surface area contributed by atoms with Gasteiger partial charge in [-0.05, 0) is 41.6 Å². The Hall–Kier alpha value is -0.600. The van der Waals surface area contributed by atoms with Crippen molar-refractivity contribution < 1.29 is 4.79 Å². The lowest BCUT2D eigenvalue weighted by molar-refractivity contribution is -0.113. The smallest absolute Gasteiger partial charge is 0.234 e. The largest absolute Gasteiger partial charge is 0.324 e. The average molecular weight is 390 g/mol. The van der Waals surface area contributed by atoms with E-state index in [1.807, 2.05) is 36.6 Å². The maximum atomic E-state index is 11.8. The summed E-state index contributed by atoms with van der Waals surface area (Å²) < 4.78 is 1.98. The summed E-state index contributed by atoms with van der Waals surface area (Å²) in [6.45, 7) is 1.95. The van der Waals surface area contributed by atoms with E-state index in [1.165, 1.54) is 11.8 Å². The maximum absolute atomic E-state index is 11.8. The number of rotatable bonds is 4. The number of amides is 1. The molecule has 1 amide bonds. The highest BCUT2D eigenvalue weighted by Gasteiger charge is 2.07. The summed E-state index contributed by atoms with van der Waals surface area (Å²) in [5.41, 5.74) is 1.86. The van der Waals surface area contributed by atoms with E-state index < -0.39 is 0 Å². The fraction of sp³-hybridized carbons (Fsp3) is 0.167. The van der Waals surface area contributed by atoms with Gasteiger partial charge < -0.3 is 5.32 Å². The van der Waals surface area contributed by atoms with Crippen molar-refractivity contribution in [2.75, 3.05) is 11.1 Å². The van der Waals surface area contributed by atoms with Gasteiger partial charge in [0.1, 0.15) is 0 Å². The number of thioether (sulfide) groups is 1. The van der Waals surface area contributed by atoms with E-state index in [-0.39, 0.29) is 5.91 Å². The highest BCUT2D eigenvalue weighted by molar-refractivity contribution is 14.1. The van der Waals surface area contributed by atoms with Crippen LogP contribution in [0.5, 0.6) is 0 Å². The third-order valence-electron chi connectivity index (χ3n) is 2.07. The molecule has 94 valence electrons. The summed E-state index contributed by atoms with van der Waals surface area (Å²) in [7, 11) is 0. The minimum Gasteiger partial charge on any atom is -0.324 e. The van der Waals surface area contributed by atoms with Crippen LogP contribution in [0, 0.1) is 10.5 Å². The minimum absolute atomic E-state index is 0.00281. The van der Waals surface area contributed by atoms with Gasteiger partial charge >= 0.3 is 0 Å². The minimum atomic E-state index is -0.00281. The van der Waals surface area contributed by atoms with Crippen molar-refractivity contribution in [2.45, 2.75) is 11.3 Å². The number of aromatic nitrogens is 1. The molecule has 2 rings (SSSR count). The molecule has 1 aromatic carbocycles. The summed E-state index contributed by atoms with van der Waals surface area (Å²) in [6.07, 6.45) is 0. The molecule has 0 aliphatic heterocycles. The highest BCUT2D eigenvalue weighted by Crippen LogP contribution is 2.23. The monoisotopic (exact) mass is 390 g/mol. The van der Waals surface area contributed by atoms with E-state index in [1.54, 1.807) is 11.3 Å². The van der Waals surface area contributed by atoms with Crippen LogP contribution in [0.25, 0.3) is 0 Å². The number of benzene rings is 1. The molecule has 0 radical (unpaired) electrons. The highest BCUT2D eigenvalue weighted by atomic mass is 127. The predicted octanol–water partition coefficient (Wildman–Crippen LogP) is 3.79. The normalized spacial score (nSPS) is 10.3. The number of aryl methyl sites for hydroxylation is 1. The molecule has 6 heteroatoms. The molecule has 18 heavy (non-hydrogen) atoms. The molecule has 0 bridgehead atoms. The van der Waals surface area contributed by atoms with E-state index in [2.05, 4.69) is 32.9 Å². The number of carbonyl (C=O) groups excluding carboxylic acids is 1. The van der Waals surface area contributed by atoms with Crippen LogP contribution in [0.2, 0.25) is 0 Å². The van der Waals surface area contributed by atoms with Gasteiger partial charge in [-0.15, -0.1) is 11.3 Å². The second-order valence-electron chi connectivity index (χ2n) is 3.57. The third-order valence-corrected chi connectivity index (χ3v) is 5.15. The molecule has 1 aromatic heterocycles. The van der Waals surface area contributed by atoms with E-state index in [9.17, 15) is 4.79 Å². The van der Waals surface area contributed by atoms with Crippen LogP contribution in [-0.2, 0) is 4.79 Å². The topological polar surface area (TPSA) is 42.0 Å². The molecular weight excluding hydrogens is 379 g/mol. The molecule has 0 atom stereocenters. The molecule has 0 aliphatic rings. The van der Waals surface area contributed by atoms with Crippen LogP contribution >= 0.6 is 45.7 Å². The van der Waals surface area contributed by atoms with E-state index >= 15 is 0 Å². The van der Waals surface area contributed by atoms with Crippen molar-refractivity contribution >= 4 is 57.3 Å². The van der Waals surface area contributed by atoms with Gasteiger partial charge in [-0.25, -0.2) is 4.98 Å². The molecule has 0 saturated heterocycles. The van der Waals surface area contributed by atoms with Gasteiger partial charge in [0, 0.05) is 14.6 Å². The fourth-order valence-electron chi connectivity index (χ4n) is 1.27. The lowest BCUT2D eigenvalue weighted by Crippen LogP contribution is -2.14. The van der Waals surface area contributed by atoms with Crippen molar-refractivity contribution in [3.05, 3.63) is 38.9 Å². The Kier molecular flexibility index (Phi) is 5.02. The van der Waals surface area contributed by atoms with Gasteiger partial charge in [0.2, 0.25) is 5.91 Å². The Morgan fingerprint density at radius 2 is 2.28 bits per heavy atom. The number of nitrogens with zero attached hydrogens (tertiary/aromatic N) is 1. The second-order valence-corrected chi connectivity index (χ2v) is 6.81. The van der Waals surface area contributed by atoms with Crippen LogP contribution < -0.4 is 5.32 Å². The van der Waals surface area contributed by atoms with Crippen molar-refractivity contribution in [3.8, 4) is 0 Å². The van der Waals surface area contributed by atoms with Gasteiger partial charge in [0.05, 0.1) is 11.4 Å². The SMILES string of the molecule is Cc1csc(SCC(=O)Nc2ccccc2I)n1. The lowest BCUT2D eigenvalue weighted by Gasteiger charge is -2.05. The summed E-state index contributed by atoms with van der Waals surface area (Å²) in [5, 5.41) is 4.88. The molecule has 1 heterocycles. The summed E-state index contributed by atoms with van der Waals surface area (Å²) in [4.78, 5) is 16.1. The zero-order valence-corrected chi connectivity index (χ0v) is 13.4. The Morgan fingerprint density at radius 3 is 2.94 bits per heavy atom. The first kappa shape index (κ1) is 13.8. The van der Waals surface area contributed by atoms with Crippen LogP contribution in [0.15, 0.2) is 34.0 Å². The number of para-hydroxylation sites is 1. The number of halogens is 1. The van der Waals surface area contributed by atoms with Crippen molar-refractivity contribution in [1.82, 2.24) is 4.98 Å². The van der Waals surface area contributed by atoms with Crippen LogP contribution in [0.1, 0.15) is 5.69 Å². The van der Waals surface area contributed by atoms with Gasteiger partial charge in [0.25, 0.3) is 0 Å². The van der Waals surface area contributed by atoms with E-state index in [4.69, 9.17) is 0 Å². The molecule has 0 fully saturated rings. The average Bonchev–Trinajstić information content (AvgIpc) is 2.76. The zero-order chi connectivity index (χ0) is 13.0. The maximum Gasteiger partial charge on any atom is 0.234 e. The molecular formula is C12H11IN2OS2. The van der Waals surface area contributed by atoms with E-state index in [0.29, 0.717) is 5.75 Å². The molecule has 0 unspecified atom stereocenters. The third kappa shape index (κ3) is 3.96. The first-order chi connectivity index (χ1) is 8.65. The first-order valence-corrected chi connectivity index (χ1v) is 8.19. The summed E-state index contributed by atoms with van der Waals surface area (Å²) in [6, 6.07) is 7.73. The second kappa shape index (κ2) is 6.53. The number of carbonyl (C=O) groups is 1.